The van der Waals surface area contributed by atoms with Crippen molar-refractivity contribution >= 4 is 8.32 Å². The summed E-state index contributed by atoms with van der Waals surface area (Å²) in [6.07, 6.45) is 6.30. The van der Waals surface area contributed by atoms with Gasteiger partial charge >= 0.3 is 0 Å². The van der Waals surface area contributed by atoms with Gasteiger partial charge < -0.3 is 14.2 Å². The fraction of sp³-hybridized carbons (Fsp3) is 0.739. The molecule has 0 amide bonds. The Morgan fingerprint density at radius 1 is 0.926 bits per heavy atom. The molecule has 1 unspecified atom stereocenters. The Bertz CT molecular complexity index is 492. The summed E-state index contributed by atoms with van der Waals surface area (Å²) in [7, 11) is 8.94. The molecule has 0 saturated carbocycles. The quantitative estimate of drug-likeness (QED) is 0.408. The molecule has 1 rings (SSSR count). The van der Waals surface area contributed by atoms with E-state index in [1.165, 1.54) is 56.4 Å². The highest BCUT2D eigenvalue weighted by Crippen LogP contribution is 2.40. The molecule has 3 nitrogen and oxygen atoms in total. The molecule has 4 heteroatoms. The van der Waals surface area contributed by atoms with Gasteiger partial charge in [-0.05, 0) is 103 Å². The Hall–Kier alpha value is -0.683. The van der Waals surface area contributed by atoms with Gasteiger partial charge in [0, 0.05) is 7.11 Å². The zero-order chi connectivity index (χ0) is 20.3. The molecule has 0 aliphatic carbocycles. The molecule has 1 aromatic carbocycles. The van der Waals surface area contributed by atoms with Crippen LogP contribution in [0.3, 0.4) is 0 Å². The van der Waals surface area contributed by atoms with Crippen molar-refractivity contribution in [3.8, 4) is 0 Å². The number of hydrogen-bond acceptors (Lipinski definition) is 3. The minimum absolute atomic E-state index is 0.389. The monoisotopic (exact) mass is 392 g/mol. The standard InChI is InChI=1S/C23H44N2OSi/c1-23(16-11-18-24(2)3,17-12-19-25(4)5)21-27(7,26-6)20-15-22-13-9-8-10-14-22/h8-10,13-14H,11-12,15-21H2,1-7H3. The fourth-order valence-corrected chi connectivity index (χ4v) is 7.67. The van der Waals surface area contributed by atoms with E-state index in [1.807, 2.05) is 7.11 Å². The Morgan fingerprint density at radius 3 is 1.89 bits per heavy atom. The number of aryl methyl sites for hydroxylation is 1. The Morgan fingerprint density at radius 2 is 1.44 bits per heavy atom. The zero-order valence-electron chi connectivity index (χ0n) is 19.1. The van der Waals surface area contributed by atoms with Crippen molar-refractivity contribution in [2.45, 2.75) is 57.7 Å². The largest absolute Gasteiger partial charge is 0.420 e. The lowest BCUT2D eigenvalue weighted by Gasteiger charge is -2.38. The van der Waals surface area contributed by atoms with Gasteiger partial charge in [-0.15, -0.1) is 0 Å². The van der Waals surface area contributed by atoms with Gasteiger partial charge in [0.05, 0.1) is 0 Å². The molecule has 0 spiro atoms. The minimum Gasteiger partial charge on any atom is -0.420 e. The van der Waals surface area contributed by atoms with E-state index < -0.39 is 8.32 Å². The summed E-state index contributed by atoms with van der Waals surface area (Å²) in [6.45, 7) is 7.33. The summed E-state index contributed by atoms with van der Waals surface area (Å²) >= 11 is 0. The van der Waals surface area contributed by atoms with Gasteiger partial charge in [-0.2, -0.15) is 0 Å². The lowest BCUT2D eigenvalue weighted by Crippen LogP contribution is -2.40. The molecule has 0 saturated heterocycles. The second-order valence-corrected chi connectivity index (χ2v) is 13.6. The van der Waals surface area contributed by atoms with Gasteiger partial charge in [0.25, 0.3) is 0 Å². The van der Waals surface area contributed by atoms with Crippen LogP contribution in [0.2, 0.25) is 18.6 Å². The average Bonchev–Trinajstić information content (AvgIpc) is 2.60. The van der Waals surface area contributed by atoms with Crippen molar-refractivity contribution in [2.75, 3.05) is 48.4 Å². The topological polar surface area (TPSA) is 15.7 Å². The summed E-state index contributed by atoms with van der Waals surface area (Å²) in [4.78, 5) is 4.62. The number of rotatable bonds is 14. The van der Waals surface area contributed by atoms with Crippen LogP contribution in [0.4, 0.5) is 0 Å². The summed E-state index contributed by atoms with van der Waals surface area (Å²) in [5.41, 5.74) is 1.83. The second kappa shape index (κ2) is 12.0. The van der Waals surface area contributed by atoms with Gasteiger partial charge in [0.1, 0.15) is 0 Å². The van der Waals surface area contributed by atoms with Crippen LogP contribution in [-0.4, -0.2) is 66.5 Å². The highest BCUT2D eigenvalue weighted by Gasteiger charge is 2.37. The van der Waals surface area contributed by atoms with Crippen molar-refractivity contribution < 1.29 is 4.43 Å². The van der Waals surface area contributed by atoms with Crippen LogP contribution in [0.15, 0.2) is 30.3 Å². The molecule has 0 bridgehead atoms. The molecule has 1 atom stereocenters. The lowest BCUT2D eigenvalue weighted by molar-refractivity contribution is 0.240. The average molecular weight is 393 g/mol. The number of benzene rings is 1. The van der Waals surface area contributed by atoms with Crippen molar-refractivity contribution in [3.63, 3.8) is 0 Å². The van der Waals surface area contributed by atoms with Gasteiger partial charge in [0.2, 0.25) is 0 Å². The first-order valence-corrected chi connectivity index (χ1v) is 13.4. The highest BCUT2D eigenvalue weighted by atomic mass is 28.4. The normalized spacial score (nSPS) is 14.7. The third-order valence-corrected chi connectivity index (χ3v) is 9.74. The first-order chi connectivity index (χ1) is 12.7. The molecule has 0 radical (unpaired) electrons. The molecule has 0 aromatic heterocycles. The fourth-order valence-electron chi connectivity index (χ4n) is 4.16. The highest BCUT2D eigenvalue weighted by molar-refractivity contribution is 6.72. The van der Waals surface area contributed by atoms with Crippen molar-refractivity contribution in [3.05, 3.63) is 35.9 Å². The molecule has 1 aromatic rings. The predicted molar refractivity (Wildman–Crippen MR) is 122 cm³/mol. The molecular formula is C23H44N2OSi. The van der Waals surface area contributed by atoms with E-state index >= 15 is 0 Å². The lowest BCUT2D eigenvalue weighted by atomic mass is 9.82. The van der Waals surface area contributed by atoms with Crippen molar-refractivity contribution in [1.29, 1.82) is 0 Å². The van der Waals surface area contributed by atoms with Crippen LogP contribution in [-0.2, 0) is 10.8 Å². The summed E-state index contributed by atoms with van der Waals surface area (Å²) < 4.78 is 6.23. The maximum absolute atomic E-state index is 6.23. The second-order valence-electron chi connectivity index (χ2n) is 9.44. The van der Waals surface area contributed by atoms with Gasteiger partial charge in [-0.3, -0.25) is 0 Å². The third-order valence-electron chi connectivity index (χ3n) is 5.85. The van der Waals surface area contributed by atoms with Crippen LogP contribution >= 0.6 is 0 Å². The van der Waals surface area contributed by atoms with Crippen LogP contribution in [0.25, 0.3) is 0 Å². The Labute approximate surface area is 170 Å². The van der Waals surface area contributed by atoms with E-state index in [9.17, 15) is 0 Å². The van der Waals surface area contributed by atoms with Crippen LogP contribution in [0.5, 0.6) is 0 Å². The third kappa shape index (κ3) is 10.4. The van der Waals surface area contributed by atoms with Crippen molar-refractivity contribution in [1.82, 2.24) is 9.80 Å². The predicted octanol–water partition coefficient (Wildman–Crippen LogP) is 5.14. The minimum atomic E-state index is -1.72. The maximum atomic E-state index is 6.23. The van der Waals surface area contributed by atoms with E-state index in [2.05, 4.69) is 81.8 Å². The SMILES string of the molecule is CO[Si](C)(CCc1ccccc1)CC(C)(CCCN(C)C)CCCN(C)C. The van der Waals surface area contributed by atoms with Crippen LogP contribution in [0.1, 0.15) is 38.2 Å². The van der Waals surface area contributed by atoms with Crippen LogP contribution in [0, 0.1) is 5.41 Å². The first kappa shape index (κ1) is 24.4. The molecular weight excluding hydrogens is 348 g/mol. The first-order valence-electron chi connectivity index (χ1n) is 10.6. The van der Waals surface area contributed by atoms with E-state index in [-0.39, 0.29) is 0 Å². The summed E-state index contributed by atoms with van der Waals surface area (Å²) in [5, 5.41) is 0. The van der Waals surface area contributed by atoms with E-state index in [0.29, 0.717) is 5.41 Å². The van der Waals surface area contributed by atoms with E-state index in [4.69, 9.17) is 4.43 Å². The molecule has 0 N–H and O–H groups in total. The molecule has 0 fully saturated rings. The van der Waals surface area contributed by atoms with E-state index in [1.54, 1.807) is 0 Å². The molecule has 0 aliphatic heterocycles. The van der Waals surface area contributed by atoms with E-state index in [0.717, 1.165) is 6.42 Å². The molecule has 0 aliphatic rings. The molecule has 27 heavy (non-hydrogen) atoms. The van der Waals surface area contributed by atoms with Gasteiger partial charge in [-0.1, -0.05) is 37.3 Å². The van der Waals surface area contributed by atoms with Gasteiger partial charge in [0.15, 0.2) is 8.32 Å². The number of nitrogens with zero attached hydrogens (tertiary/aromatic N) is 2. The molecule has 0 heterocycles. The maximum Gasteiger partial charge on any atom is 0.190 e. The number of hydrogen-bond donors (Lipinski definition) is 0. The summed E-state index contributed by atoms with van der Waals surface area (Å²) in [6, 6.07) is 13.4. The summed E-state index contributed by atoms with van der Waals surface area (Å²) in [5.74, 6) is 0. The smallest absolute Gasteiger partial charge is 0.190 e. The Kier molecular flexibility index (Phi) is 10.8. The van der Waals surface area contributed by atoms with Crippen molar-refractivity contribution in [2.24, 2.45) is 5.41 Å². The molecule has 156 valence electrons. The van der Waals surface area contributed by atoms with Gasteiger partial charge in [-0.25, -0.2) is 0 Å². The van der Waals surface area contributed by atoms with Crippen LogP contribution < -0.4 is 0 Å². The Balaban J connectivity index is 2.74. The zero-order valence-corrected chi connectivity index (χ0v) is 20.1.